The zero-order valence-electron chi connectivity index (χ0n) is 30.2. The molecule has 1 aromatic heterocycles. The van der Waals surface area contributed by atoms with Gasteiger partial charge in [-0.15, -0.1) is 0 Å². The molecule has 0 saturated carbocycles. The predicted molar refractivity (Wildman–Crippen MR) is 216 cm³/mol. The Hall–Kier alpha value is -7.23. The highest BCUT2D eigenvalue weighted by Gasteiger charge is 2.32. The molecule has 8 aromatic rings. The smallest absolute Gasteiger partial charge is 0.164 e. The molecule has 262 valence electrons. The number of nitriles is 1. The van der Waals surface area contributed by atoms with E-state index in [1.54, 1.807) is 6.07 Å². The molecule has 0 amide bonds. The first kappa shape index (κ1) is 33.6. The molecule has 1 aliphatic heterocycles. The first-order valence-corrected chi connectivity index (χ1v) is 18.1. The highest BCUT2D eigenvalue weighted by molar-refractivity contribution is 5.82. The Morgan fingerprint density at radius 2 is 1.02 bits per heavy atom. The third-order valence-corrected chi connectivity index (χ3v) is 10.0. The van der Waals surface area contributed by atoms with Crippen LogP contribution in [0.1, 0.15) is 25.0 Å². The summed E-state index contributed by atoms with van der Waals surface area (Å²) in [4.78, 5) is 14.9. The van der Waals surface area contributed by atoms with Crippen LogP contribution in [0, 0.1) is 17.1 Å². The molecule has 0 spiro atoms. The van der Waals surface area contributed by atoms with Crippen LogP contribution in [0.4, 0.5) is 4.39 Å². The van der Waals surface area contributed by atoms with Gasteiger partial charge < -0.3 is 4.74 Å². The Morgan fingerprint density at radius 1 is 0.473 bits per heavy atom. The highest BCUT2D eigenvalue weighted by Crippen LogP contribution is 2.46. The molecular formula is C49H33FN4O. The van der Waals surface area contributed by atoms with Crippen molar-refractivity contribution in [3.63, 3.8) is 0 Å². The number of fused-ring (bicyclic) bond motifs is 3. The van der Waals surface area contributed by atoms with Crippen molar-refractivity contribution in [2.75, 3.05) is 0 Å². The van der Waals surface area contributed by atoms with E-state index in [1.807, 2.05) is 109 Å². The van der Waals surface area contributed by atoms with Gasteiger partial charge in [0.1, 0.15) is 17.2 Å². The molecule has 5 nitrogen and oxygen atoms in total. The van der Waals surface area contributed by atoms with Gasteiger partial charge in [0.2, 0.25) is 0 Å². The number of rotatable bonds is 6. The predicted octanol–water partition coefficient (Wildman–Crippen LogP) is 12.2. The fourth-order valence-electron chi connectivity index (χ4n) is 7.28. The number of halogens is 1. The molecule has 2 heterocycles. The maximum absolute atomic E-state index is 15.7. The molecular weight excluding hydrogens is 680 g/mol. The van der Waals surface area contributed by atoms with E-state index < -0.39 is 11.4 Å². The summed E-state index contributed by atoms with van der Waals surface area (Å²) >= 11 is 0. The normalized spacial score (nSPS) is 12.5. The van der Waals surface area contributed by atoms with Crippen LogP contribution in [0.3, 0.4) is 0 Å². The van der Waals surface area contributed by atoms with Gasteiger partial charge in [-0.3, -0.25) is 0 Å². The molecule has 0 atom stereocenters. The van der Waals surface area contributed by atoms with Gasteiger partial charge in [0.15, 0.2) is 17.5 Å². The van der Waals surface area contributed by atoms with E-state index in [0.717, 1.165) is 61.4 Å². The Kier molecular flexibility index (Phi) is 8.33. The van der Waals surface area contributed by atoms with Gasteiger partial charge in [-0.1, -0.05) is 121 Å². The summed E-state index contributed by atoms with van der Waals surface area (Å²) in [7, 11) is 0. The number of aromatic nitrogens is 3. The summed E-state index contributed by atoms with van der Waals surface area (Å²) in [6.07, 6.45) is 0. The standard InChI is InChI=1S/C49H33FN4O/c1-49(2)44-17-7-6-16-42(44)43-23-22-37(29-45(43)55-49)39-26-40(28-41(50)27-39)48-53-46(34-20-18-33(19-21-34)32-11-4-3-5-12-32)52-47(54-48)38-15-9-14-36(25-38)35-13-8-10-31(24-35)30-51/h3-29H,1-2H3. The molecule has 1 aliphatic rings. The van der Waals surface area contributed by atoms with Gasteiger partial charge in [0.25, 0.3) is 0 Å². The van der Waals surface area contributed by atoms with Crippen molar-refractivity contribution >= 4 is 0 Å². The fourth-order valence-corrected chi connectivity index (χ4v) is 7.28. The van der Waals surface area contributed by atoms with E-state index >= 15 is 4.39 Å². The molecule has 0 N–H and O–H groups in total. The molecule has 0 fully saturated rings. The van der Waals surface area contributed by atoms with Gasteiger partial charge in [0, 0.05) is 27.8 Å². The van der Waals surface area contributed by atoms with Crippen molar-refractivity contribution in [3.8, 4) is 90.5 Å². The van der Waals surface area contributed by atoms with Crippen molar-refractivity contribution < 1.29 is 9.13 Å². The van der Waals surface area contributed by atoms with Gasteiger partial charge >= 0.3 is 0 Å². The molecule has 9 rings (SSSR count). The van der Waals surface area contributed by atoms with E-state index in [1.165, 1.54) is 12.1 Å². The lowest BCUT2D eigenvalue weighted by molar-refractivity contribution is 0.106. The van der Waals surface area contributed by atoms with Crippen molar-refractivity contribution in [1.82, 2.24) is 15.0 Å². The van der Waals surface area contributed by atoms with Crippen molar-refractivity contribution in [2.24, 2.45) is 0 Å². The quantitative estimate of drug-likeness (QED) is 0.172. The van der Waals surface area contributed by atoms with E-state index in [-0.39, 0.29) is 0 Å². The molecule has 0 aliphatic carbocycles. The number of ether oxygens (including phenoxy) is 1. The monoisotopic (exact) mass is 712 g/mol. The maximum atomic E-state index is 15.7. The van der Waals surface area contributed by atoms with Crippen LogP contribution >= 0.6 is 0 Å². The Bertz CT molecular complexity index is 2790. The average molecular weight is 713 g/mol. The second kappa shape index (κ2) is 13.6. The minimum absolute atomic E-state index is 0.342. The highest BCUT2D eigenvalue weighted by atomic mass is 19.1. The van der Waals surface area contributed by atoms with E-state index in [2.05, 4.69) is 56.3 Å². The number of hydrogen-bond acceptors (Lipinski definition) is 5. The van der Waals surface area contributed by atoms with E-state index in [9.17, 15) is 5.26 Å². The van der Waals surface area contributed by atoms with Gasteiger partial charge in [-0.25, -0.2) is 19.3 Å². The Balaban J connectivity index is 1.16. The SMILES string of the molecule is CC1(C)Oc2cc(-c3cc(F)cc(-c4nc(-c5ccc(-c6ccccc6)cc5)nc(-c5cccc(-c6cccc(C#N)c6)c5)n4)c3)ccc2-c2ccccc21. The minimum Gasteiger partial charge on any atom is -0.482 e. The van der Waals surface area contributed by atoms with Crippen molar-refractivity contribution in [3.05, 3.63) is 181 Å². The molecule has 0 radical (unpaired) electrons. The van der Waals surface area contributed by atoms with Crippen LogP contribution in [-0.2, 0) is 5.60 Å². The average Bonchev–Trinajstić information content (AvgIpc) is 3.23. The van der Waals surface area contributed by atoms with Crippen molar-refractivity contribution in [2.45, 2.75) is 19.4 Å². The first-order chi connectivity index (χ1) is 26.8. The molecule has 0 bridgehead atoms. The van der Waals surface area contributed by atoms with Gasteiger partial charge in [-0.2, -0.15) is 5.26 Å². The van der Waals surface area contributed by atoms with E-state index in [4.69, 9.17) is 19.7 Å². The molecule has 0 unspecified atom stereocenters. The lowest BCUT2D eigenvalue weighted by Crippen LogP contribution is -2.29. The second-order valence-corrected chi connectivity index (χ2v) is 14.1. The molecule has 6 heteroatoms. The number of nitrogens with zero attached hydrogens (tertiary/aromatic N) is 4. The van der Waals surface area contributed by atoms with Gasteiger partial charge in [0.05, 0.1) is 11.6 Å². The summed E-state index contributed by atoms with van der Waals surface area (Å²) in [5.74, 6) is 1.58. The van der Waals surface area contributed by atoms with Gasteiger partial charge in [-0.05, 0) is 95.3 Å². The molecule has 55 heavy (non-hydrogen) atoms. The van der Waals surface area contributed by atoms with Crippen LogP contribution in [0.2, 0.25) is 0 Å². The Morgan fingerprint density at radius 3 is 1.80 bits per heavy atom. The van der Waals surface area contributed by atoms with Crippen LogP contribution in [0.5, 0.6) is 5.75 Å². The largest absolute Gasteiger partial charge is 0.482 e. The summed E-state index contributed by atoms with van der Waals surface area (Å²) in [6.45, 7) is 4.12. The van der Waals surface area contributed by atoms with Crippen LogP contribution < -0.4 is 4.74 Å². The summed E-state index contributed by atoms with van der Waals surface area (Å²) in [5, 5.41) is 9.51. The third kappa shape index (κ3) is 6.53. The molecule has 7 aromatic carbocycles. The summed E-state index contributed by atoms with van der Waals surface area (Å²) < 4.78 is 22.2. The van der Waals surface area contributed by atoms with Crippen LogP contribution in [-0.4, -0.2) is 15.0 Å². The topological polar surface area (TPSA) is 71.7 Å². The summed E-state index contributed by atoms with van der Waals surface area (Å²) in [6, 6.07) is 55.1. The number of hydrogen-bond donors (Lipinski definition) is 0. The van der Waals surface area contributed by atoms with E-state index in [0.29, 0.717) is 34.2 Å². The molecule has 0 saturated heterocycles. The first-order valence-electron chi connectivity index (χ1n) is 18.1. The lowest BCUT2D eigenvalue weighted by Gasteiger charge is -2.35. The zero-order valence-corrected chi connectivity index (χ0v) is 30.2. The lowest BCUT2D eigenvalue weighted by atomic mass is 9.85. The zero-order chi connectivity index (χ0) is 37.5. The summed E-state index contributed by atoms with van der Waals surface area (Å²) in [5.41, 5.74) is 10.9. The second-order valence-electron chi connectivity index (χ2n) is 14.1. The third-order valence-electron chi connectivity index (χ3n) is 10.0. The maximum Gasteiger partial charge on any atom is 0.164 e. The fraction of sp³-hybridized carbons (Fsp3) is 0.0612. The van der Waals surface area contributed by atoms with Crippen molar-refractivity contribution in [1.29, 1.82) is 5.26 Å². The Labute approximate surface area is 319 Å². The van der Waals surface area contributed by atoms with Crippen LogP contribution in [0.25, 0.3) is 78.7 Å². The minimum atomic E-state index is -0.526. The van der Waals surface area contributed by atoms with Crippen LogP contribution in [0.15, 0.2) is 164 Å². The number of benzene rings is 7.